The van der Waals surface area contributed by atoms with Crippen molar-refractivity contribution in [3.63, 3.8) is 0 Å². The third-order valence-corrected chi connectivity index (χ3v) is 4.27. The number of anilines is 2. The molecule has 0 fully saturated rings. The SMILES string of the molecule is CC(C)c1ccc(Nc2nccn3c(-c4cnn(C)c4)cnc23)cc1. The van der Waals surface area contributed by atoms with Gasteiger partial charge in [-0.3, -0.25) is 9.08 Å². The van der Waals surface area contributed by atoms with E-state index in [2.05, 4.69) is 58.5 Å². The quantitative estimate of drug-likeness (QED) is 0.614. The van der Waals surface area contributed by atoms with Crippen LogP contribution >= 0.6 is 0 Å². The average molecular weight is 332 g/mol. The Morgan fingerprint density at radius 2 is 1.84 bits per heavy atom. The first-order valence-electron chi connectivity index (χ1n) is 8.30. The van der Waals surface area contributed by atoms with Crippen LogP contribution in [0.4, 0.5) is 11.5 Å². The second-order valence-corrected chi connectivity index (χ2v) is 6.42. The summed E-state index contributed by atoms with van der Waals surface area (Å²) in [5.41, 5.74) is 5.11. The number of nitrogens with zero attached hydrogens (tertiary/aromatic N) is 5. The second-order valence-electron chi connectivity index (χ2n) is 6.42. The summed E-state index contributed by atoms with van der Waals surface area (Å²) in [6.45, 7) is 4.38. The molecule has 4 aromatic rings. The van der Waals surface area contributed by atoms with Gasteiger partial charge in [0.05, 0.1) is 18.1 Å². The van der Waals surface area contributed by atoms with Crippen molar-refractivity contribution in [1.82, 2.24) is 24.1 Å². The first kappa shape index (κ1) is 15.4. The number of benzene rings is 1. The van der Waals surface area contributed by atoms with E-state index in [0.717, 1.165) is 28.4 Å². The van der Waals surface area contributed by atoms with Crippen LogP contribution in [0.15, 0.2) is 55.2 Å². The van der Waals surface area contributed by atoms with Crippen LogP contribution in [0.1, 0.15) is 25.3 Å². The van der Waals surface area contributed by atoms with E-state index in [0.29, 0.717) is 5.92 Å². The van der Waals surface area contributed by atoms with Gasteiger partial charge in [0.2, 0.25) is 0 Å². The van der Waals surface area contributed by atoms with Crippen molar-refractivity contribution in [2.75, 3.05) is 5.32 Å². The number of hydrogen-bond donors (Lipinski definition) is 1. The lowest BCUT2D eigenvalue weighted by Crippen LogP contribution is -1.98. The second kappa shape index (κ2) is 6.05. The van der Waals surface area contributed by atoms with E-state index in [1.165, 1.54) is 5.56 Å². The van der Waals surface area contributed by atoms with Crippen LogP contribution in [0.5, 0.6) is 0 Å². The Kier molecular flexibility index (Phi) is 3.72. The standard InChI is InChI=1S/C19H20N6/c1-13(2)14-4-6-16(7-5-14)23-18-19-21-11-17(25(19)9-8-20-18)15-10-22-24(3)12-15/h4-13H,1-3H3,(H,20,23). The van der Waals surface area contributed by atoms with Crippen LogP contribution < -0.4 is 5.32 Å². The smallest absolute Gasteiger partial charge is 0.180 e. The molecule has 0 saturated carbocycles. The molecule has 6 heteroatoms. The largest absolute Gasteiger partial charge is 0.337 e. The molecule has 0 aliphatic rings. The molecule has 0 radical (unpaired) electrons. The van der Waals surface area contributed by atoms with Crippen LogP contribution in [-0.2, 0) is 7.05 Å². The summed E-state index contributed by atoms with van der Waals surface area (Å²) >= 11 is 0. The van der Waals surface area contributed by atoms with Crippen molar-refractivity contribution in [2.24, 2.45) is 7.05 Å². The monoisotopic (exact) mass is 332 g/mol. The van der Waals surface area contributed by atoms with Crippen molar-refractivity contribution in [1.29, 1.82) is 0 Å². The topological polar surface area (TPSA) is 60.0 Å². The van der Waals surface area contributed by atoms with Gasteiger partial charge in [-0.15, -0.1) is 0 Å². The Hall–Kier alpha value is -3.15. The fourth-order valence-electron chi connectivity index (χ4n) is 2.86. The van der Waals surface area contributed by atoms with Gasteiger partial charge in [0, 0.05) is 36.9 Å². The maximum absolute atomic E-state index is 4.55. The molecule has 1 N–H and O–H groups in total. The zero-order valence-electron chi connectivity index (χ0n) is 14.5. The lowest BCUT2D eigenvalue weighted by atomic mass is 10.0. The van der Waals surface area contributed by atoms with Gasteiger partial charge in [0.15, 0.2) is 11.5 Å². The number of imidazole rings is 1. The highest BCUT2D eigenvalue weighted by Gasteiger charge is 2.11. The predicted octanol–water partition coefficient (Wildman–Crippen LogP) is 4.00. The summed E-state index contributed by atoms with van der Waals surface area (Å²) in [6, 6.07) is 8.43. The average Bonchev–Trinajstić information content (AvgIpc) is 3.22. The summed E-state index contributed by atoms with van der Waals surface area (Å²) in [4.78, 5) is 9.00. The van der Waals surface area contributed by atoms with E-state index in [9.17, 15) is 0 Å². The minimum atomic E-state index is 0.518. The molecule has 3 aromatic heterocycles. The van der Waals surface area contributed by atoms with Gasteiger partial charge in [-0.1, -0.05) is 26.0 Å². The summed E-state index contributed by atoms with van der Waals surface area (Å²) in [7, 11) is 1.90. The lowest BCUT2D eigenvalue weighted by molar-refractivity contribution is 0.768. The summed E-state index contributed by atoms with van der Waals surface area (Å²) in [5, 5.41) is 7.60. The molecule has 0 unspecified atom stereocenters. The van der Waals surface area contributed by atoms with E-state index in [4.69, 9.17) is 0 Å². The normalized spacial score (nSPS) is 11.4. The maximum Gasteiger partial charge on any atom is 0.180 e. The molecule has 0 atom stereocenters. The van der Waals surface area contributed by atoms with E-state index < -0.39 is 0 Å². The first-order valence-corrected chi connectivity index (χ1v) is 8.30. The fourth-order valence-corrected chi connectivity index (χ4v) is 2.86. The van der Waals surface area contributed by atoms with Gasteiger partial charge in [-0.25, -0.2) is 9.97 Å². The molecule has 3 heterocycles. The molecule has 0 aliphatic carbocycles. The number of hydrogen-bond acceptors (Lipinski definition) is 4. The molecule has 0 saturated heterocycles. The lowest BCUT2D eigenvalue weighted by Gasteiger charge is -2.09. The minimum absolute atomic E-state index is 0.518. The number of aryl methyl sites for hydroxylation is 1. The third-order valence-electron chi connectivity index (χ3n) is 4.27. The number of aromatic nitrogens is 5. The van der Waals surface area contributed by atoms with E-state index in [1.807, 2.05) is 36.2 Å². The maximum atomic E-state index is 4.55. The van der Waals surface area contributed by atoms with Crippen LogP contribution in [0.2, 0.25) is 0 Å². The molecule has 0 bridgehead atoms. The minimum Gasteiger partial charge on any atom is -0.337 e. The zero-order valence-corrected chi connectivity index (χ0v) is 14.5. The molecular weight excluding hydrogens is 312 g/mol. The highest BCUT2D eigenvalue weighted by molar-refractivity contribution is 5.73. The van der Waals surface area contributed by atoms with Crippen LogP contribution in [0, 0.1) is 0 Å². The van der Waals surface area contributed by atoms with Crippen molar-refractivity contribution >= 4 is 17.2 Å². The van der Waals surface area contributed by atoms with Crippen LogP contribution in [0.3, 0.4) is 0 Å². The van der Waals surface area contributed by atoms with Crippen molar-refractivity contribution in [3.8, 4) is 11.3 Å². The number of rotatable bonds is 4. The van der Waals surface area contributed by atoms with Crippen molar-refractivity contribution in [3.05, 3.63) is 60.8 Å². The summed E-state index contributed by atoms with van der Waals surface area (Å²) in [5.74, 6) is 1.25. The summed E-state index contributed by atoms with van der Waals surface area (Å²) in [6.07, 6.45) is 9.35. The van der Waals surface area contributed by atoms with Crippen LogP contribution in [-0.4, -0.2) is 24.1 Å². The zero-order chi connectivity index (χ0) is 17.4. The summed E-state index contributed by atoms with van der Waals surface area (Å²) < 4.78 is 3.81. The molecule has 1 aromatic carbocycles. The molecule has 0 amide bonds. The highest BCUT2D eigenvalue weighted by Crippen LogP contribution is 2.25. The van der Waals surface area contributed by atoms with E-state index >= 15 is 0 Å². The fraction of sp³-hybridized carbons (Fsp3) is 0.211. The Morgan fingerprint density at radius 1 is 1.04 bits per heavy atom. The van der Waals surface area contributed by atoms with Gasteiger partial charge >= 0.3 is 0 Å². The highest BCUT2D eigenvalue weighted by atomic mass is 15.2. The van der Waals surface area contributed by atoms with Gasteiger partial charge in [-0.2, -0.15) is 5.10 Å². The Bertz CT molecular complexity index is 1010. The Balaban J connectivity index is 1.70. The van der Waals surface area contributed by atoms with Crippen LogP contribution in [0.25, 0.3) is 16.9 Å². The van der Waals surface area contributed by atoms with Crippen molar-refractivity contribution in [2.45, 2.75) is 19.8 Å². The van der Waals surface area contributed by atoms with Gasteiger partial charge in [0.25, 0.3) is 0 Å². The molecule has 4 rings (SSSR count). The predicted molar refractivity (Wildman–Crippen MR) is 99.0 cm³/mol. The molecule has 0 spiro atoms. The molecule has 6 nitrogen and oxygen atoms in total. The first-order chi connectivity index (χ1) is 12.1. The van der Waals surface area contributed by atoms with E-state index in [-0.39, 0.29) is 0 Å². The van der Waals surface area contributed by atoms with Gasteiger partial charge < -0.3 is 5.32 Å². The number of fused-ring (bicyclic) bond motifs is 1. The van der Waals surface area contributed by atoms with Gasteiger partial charge in [0.1, 0.15) is 0 Å². The molecule has 126 valence electrons. The Morgan fingerprint density at radius 3 is 2.52 bits per heavy atom. The van der Waals surface area contributed by atoms with Crippen molar-refractivity contribution < 1.29 is 0 Å². The third kappa shape index (κ3) is 2.87. The number of nitrogens with one attached hydrogen (secondary N) is 1. The molecule has 25 heavy (non-hydrogen) atoms. The molecule has 0 aliphatic heterocycles. The van der Waals surface area contributed by atoms with E-state index in [1.54, 1.807) is 10.9 Å². The van der Waals surface area contributed by atoms with Gasteiger partial charge in [-0.05, 0) is 23.6 Å². The Labute approximate surface area is 146 Å². The molecular formula is C19H20N6.